The van der Waals surface area contributed by atoms with Crippen molar-refractivity contribution in [3.05, 3.63) is 29.8 Å². The predicted molar refractivity (Wildman–Crippen MR) is 83.9 cm³/mol. The number of hydrogen-bond donors (Lipinski definition) is 2. The topological polar surface area (TPSA) is 41.1 Å². The summed E-state index contributed by atoms with van der Waals surface area (Å²) in [5.41, 5.74) is 2.32. The van der Waals surface area contributed by atoms with Gasteiger partial charge in [0.2, 0.25) is 5.91 Å². The quantitative estimate of drug-likeness (QED) is 0.864. The summed E-state index contributed by atoms with van der Waals surface area (Å²) < 4.78 is 0. The second-order valence-corrected chi connectivity index (χ2v) is 5.93. The van der Waals surface area contributed by atoms with Gasteiger partial charge in [-0.25, -0.2) is 0 Å². The van der Waals surface area contributed by atoms with Gasteiger partial charge in [0, 0.05) is 11.7 Å². The van der Waals surface area contributed by atoms with E-state index in [1.54, 1.807) is 0 Å². The lowest BCUT2D eigenvalue weighted by molar-refractivity contribution is -0.120. The highest BCUT2D eigenvalue weighted by atomic mass is 16.1. The number of aryl methyl sites for hydroxylation is 1. The molecule has 0 atom stereocenters. The number of carbonyl (C=O) groups is 1. The maximum absolute atomic E-state index is 11.9. The first kappa shape index (κ1) is 14.9. The Morgan fingerprint density at radius 3 is 2.40 bits per heavy atom. The van der Waals surface area contributed by atoms with E-state index >= 15 is 0 Å². The van der Waals surface area contributed by atoms with Crippen molar-refractivity contribution < 1.29 is 4.79 Å². The third kappa shape index (κ3) is 4.55. The lowest BCUT2D eigenvalue weighted by atomic mass is 9.87. The Labute approximate surface area is 122 Å². The molecule has 20 heavy (non-hydrogen) atoms. The van der Waals surface area contributed by atoms with Crippen LogP contribution in [0, 0.1) is 5.92 Å². The van der Waals surface area contributed by atoms with Crippen molar-refractivity contribution in [1.29, 1.82) is 0 Å². The minimum atomic E-state index is 0.101. The van der Waals surface area contributed by atoms with Crippen molar-refractivity contribution >= 4 is 11.6 Å². The van der Waals surface area contributed by atoms with Gasteiger partial charge in [-0.05, 0) is 55.7 Å². The first-order valence-corrected chi connectivity index (χ1v) is 7.79. The van der Waals surface area contributed by atoms with Crippen LogP contribution in [0.4, 0.5) is 5.69 Å². The fourth-order valence-electron chi connectivity index (χ4n) is 2.72. The third-order valence-corrected chi connectivity index (χ3v) is 4.20. The fraction of sp³-hybridized carbons (Fsp3) is 0.588. The maximum atomic E-state index is 11.9. The van der Waals surface area contributed by atoms with Gasteiger partial charge in [0.15, 0.2) is 0 Å². The fourth-order valence-corrected chi connectivity index (χ4v) is 2.72. The Kier molecular flexibility index (Phi) is 5.45. The van der Waals surface area contributed by atoms with Crippen LogP contribution in [0.1, 0.15) is 45.1 Å². The SMILES string of the molecule is CCc1ccc(NCC(=O)NC2CCC(C)CC2)cc1. The van der Waals surface area contributed by atoms with Gasteiger partial charge in [-0.2, -0.15) is 0 Å². The number of benzene rings is 1. The largest absolute Gasteiger partial charge is 0.376 e. The van der Waals surface area contributed by atoms with E-state index in [0.717, 1.165) is 30.9 Å². The third-order valence-electron chi connectivity index (χ3n) is 4.20. The summed E-state index contributed by atoms with van der Waals surface area (Å²) in [7, 11) is 0. The summed E-state index contributed by atoms with van der Waals surface area (Å²) in [4.78, 5) is 11.9. The Bertz CT molecular complexity index is 419. The molecule has 1 aromatic rings. The van der Waals surface area contributed by atoms with Gasteiger partial charge in [0.1, 0.15) is 0 Å². The van der Waals surface area contributed by atoms with Crippen LogP contribution in [0.5, 0.6) is 0 Å². The Hall–Kier alpha value is -1.51. The highest BCUT2D eigenvalue weighted by molar-refractivity contribution is 5.80. The van der Waals surface area contributed by atoms with Gasteiger partial charge < -0.3 is 10.6 Å². The summed E-state index contributed by atoms with van der Waals surface area (Å²) in [6, 6.07) is 8.65. The van der Waals surface area contributed by atoms with Crippen molar-refractivity contribution in [2.24, 2.45) is 5.92 Å². The van der Waals surface area contributed by atoms with Crippen LogP contribution >= 0.6 is 0 Å². The number of rotatable bonds is 5. The number of carbonyl (C=O) groups excluding carboxylic acids is 1. The summed E-state index contributed by atoms with van der Waals surface area (Å²) in [5.74, 6) is 0.919. The first-order chi connectivity index (χ1) is 9.67. The van der Waals surface area contributed by atoms with E-state index in [0.29, 0.717) is 12.6 Å². The van der Waals surface area contributed by atoms with Crippen LogP contribution in [0.3, 0.4) is 0 Å². The average molecular weight is 274 g/mol. The van der Waals surface area contributed by atoms with Gasteiger partial charge in [-0.3, -0.25) is 4.79 Å². The number of nitrogens with one attached hydrogen (secondary N) is 2. The molecule has 0 aromatic heterocycles. The van der Waals surface area contributed by atoms with Gasteiger partial charge >= 0.3 is 0 Å². The number of amides is 1. The van der Waals surface area contributed by atoms with Crippen molar-refractivity contribution in [2.45, 2.75) is 52.0 Å². The molecule has 0 radical (unpaired) electrons. The molecule has 3 nitrogen and oxygen atoms in total. The first-order valence-electron chi connectivity index (χ1n) is 7.79. The lowest BCUT2D eigenvalue weighted by Gasteiger charge is -2.27. The summed E-state index contributed by atoms with van der Waals surface area (Å²) >= 11 is 0. The van der Waals surface area contributed by atoms with Gasteiger partial charge in [-0.1, -0.05) is 26.0 Å². The second-order valence-electron chi connectivity index (χ2n) is 5.93. The maximum Gasteiger partial charge on any atom is 0.239 e. The van der Waals surface area contributed by atoms with Crippen LogP contribution in [-0.4, -0.2) is 18.5 Å². The molecule has 0 spiro atoms. The zero-order valence-electron chi connectivity index (χ0n) is 12.6. The molecular weight excluding hydrogens is 248 g/mol. The van der Waals surface area contributed by atoms with E-state index in [2.05, 4.69) is 36.6 Å². The highest BCUT2D eigenvalue weighted by Gasteiger charge is 2.19. The monoisotopic (exact) mass is 274 g/mol. The van der Waals surface area contributed by atoms with E-state index in [-0.39, 0.29) is 5.91 Å². The minimum absolute atomic E-state index is 0.101. The van der Waals surface area contributed by atoms with Crippen molar-refractivity contribution in [1.82, 2.24) is 5.32 Å². The Morgan fingerprint density at radius 2 is 1.80 bits per heavy atom. The van der Waals surface area contributed by atoms with E-state index in [1.807, 2.05) is 12.1 Å². The van der Waals surface area contributed by atoms with E-state index in [1.165, 1.54) is 18.4 Å². The molecule has 0 aliphatic heterocycles. The van der Waals surface area contributed by atoms with Crippen LogP contribution in [0.25, 0.3) is 0 Å². The molecule has 1 aromatic carbocycles. The van der Waals surface area contributed by atoms with Crippen molar-refractivity contribution in [2.75, 3.05) is 11.9 Å². The molecule has 1 amide bonds. The van der Waals surface area contributed by atoms with E-state index in [4.69, 9.17) is 0 Å². The summed E-state index contributed by atoms with van der Waals surface area (Å²) in [6.07, 6.45) is 5.75. The number of anilines is 1. The molecule has 0 unspecified atom stereocenters. The molecule has 1 saturated carbocycles. The van der Waals surface area contributed by atoms with Gasteiger partial charge in [-0.15, -0.1) is 0 Å². The molecule has 0 bridgehead atoms. The van der Waals surface area contributed by atoms with Gasteiger partial charge in [0.25, 0.3) is 0 Å². The molecule has 110 valence electrons. The van der Waals surface area contributed by atoms with Crippen LogP contribution in [-0.2, 0) is 11.2 Å². The molecule has 0 saturated heterocycles. The van der Waals surface area contributed by atoms with Crippen LogP contribution < -0.4 is 10.6 Å². The summed E-state index contributed by atoms with van der Waals surface area (Å²) in [6.45, 7) is 4.79. The van der Waals surface area contributed by atoms with Crippen molar-refractivity contribution in [3.63, 3.8) is 0 Å². The second kappa shape index (κ2) is 7.32. The standard InChI is InChI=1S/C17H26N2O/c1-3-14-6-10-15(11-7-14)18-12-17(20)19-16-8-4-13(2)5-9-16/h6-7,10-11,13,16,18H,3-5,8-9,12H2,1-2H3,(H,19,20). The van der Waals surface area contributed by atoms with E-state index < -0.39 is 0 Å². The normalized spacial score (nSPS) is 22.3. The smallest absolute Gasteiger partial charge is 0.239 e. The summed E-state index contributed by atoms with van der Waals surface area (Å²) in [5, 5.41) is 6.31. The zero-order chi connectivity index (χ0) is 14.4. The van der Waals surface area contributed by atoms with E-state index in [9.17, 15) is 4.79 Å². The van der Waals surface area contributed by atoms with Crippen molar-refractivity contribution in [3.8, 4) is 0 Å². The predicted octanol–water partition coefficient (Wildman–Crippen LogP) is 3.36. The highest BCUT2D eigenvalue weighted by Crippen LogP contribution is 2.23. The average Bonchev–Trinajstić information content (AvgIpc) is 2.48. The molecular formula is C17H26N2O. The molecule has 0 heterocycles. The number of hydrogen-bond acceptors (Lipinski definition) is 2. The molecule has 1 aliphatic carbocycles. The van der Waals surface area contributed by atoms with Crippen LogP contribution in [0.15, 0.2) is 24.3 Å². The molecule has 3 heteroatoms. The molecule has 1 aliphatic rings. The lowest BCUT2D eigenvalue weighted by Crippen LogP contribution is -2.40. The molecule has 2 N–H and O–H groups in total. The minimum Gasteiger partial charge on any atom is -0.376 e. The zero-order valence-corrected chi connectivity index (χ0v) is 12.6. The van der Waals surface area contributed by atoms with Gasteiger partial charge in [0.05, 0.1) is 6.54 Å². The van der Waals surface area contributed by atoms with Crippen LogP contribution in [0.2, 0.25) is 0 Å². The Morgan fingerprint density at radius 1 is 1.15 bits per heavy atom. The molecule has 1 fully saturated rings. The molecule has 2 rings (SSSR count). The Balaban J connectivity index is 1.71.